The van der Waals surface area contributed by atoms with Gasteiger partial charge in [0.15, 0.2) is 9.84 Å². The van der Waals surface area contributed by atoms with E-state index in [1.807, 2.05) is 18.9 Å². The van der Waals surface area contributed by atoms with E-state index in [-0.39, 0.29) is 23.4 Å². The molecule has 0 saturated heterocycles. The van der Waals surface area contributed by atoms with Crippen LogP contribution in [-0.2, 0) is 9.84 Å². The summed E-state index contributed by atoms with van der Waals surface area (Å²) in [5.41, 5.74) is 0.951. The second-order valence-electron chi connectivity index (χ2n) is 6.38. The SMILES string of the molecule is CC(c1ccc(S(C)(=O)=O)cc1)N(C)CC(O)COc1ccc(F)cc1. The summed E-state index contributed by atoms with van der Waals surface area (Å²) in [6, 6.07) is 12.3. The summed E-state index contributed by atoms with van der Waals surface area (Å²) in [7, 11) is -1.34. The maximum absolute atomic E-state index is 12.9. The van der Waals surface area contributed by atoms with Gasteiger partial charge in [-0.1, -0.05) is 12.1 Å². The summed E-state index contributed by atoms with van der Waals surface area (Å²) in [4.78, 5) is 2.23. The lowest BCUT2D eigenvalue weighted by molar-refractivity contribution is 0.0653. The zero-order chi connectivity index (χ0) is 19.3. The lowest BCUT2D eigenvalue weighted by Gasteiger charge is -2.27. The summed E-state index contributed by atoms with van der Waals surface area (Å²) in [5, 5.41) is 10.2. The van der Waals surface area contributed by atoms with E-state index in [0.717, 1.165) is 5.56 Å². The fraction of sp³-hybridized carbons (Fsp3) is 0.368. The van der Waals surface area contributed by atoms with E-state index in [0.29, 0.717) is 12.3 Å². The Labute approximate surface area is 154 Å². The Morgan fingerprint density at radius 3 is 2.23 bits per heavy atom. The van der Waals surface area contributed by atoms with E-state index in [1.54, 1.807) is 24.3 Å². The van der Waals surface area contributed by atoms with Gasteiger partial charge in [-0.3, -0.25) is 4.90 Å². The van der Waals surface area contributed by atoms with Crippen molar-refractivity contribution in [2.75, 3.05) is 26.5 Å². The molecule has 0 aliphatic heterocycles. The Kier molecular flexibility index (Phi) is 6.75. The van der Waals surface area contributed by atoms with Gasteiger partial charge in [0.1, 0.15) is 24.3 Å². The van der Waals surface area contributed by atoms with Crippen LogP contribution in [0.25, 0.3) is 0 Å². The van der Waals surface area contributed by atoms with Gasteiger partial charge in [0.2, 0.25) is 0 Å². The van der Waals surface area contributed by atoms with Crippen molar-refractivity contribution in [2.45, 2.75) is 24.0 Å². The van der Waals surface area contributed by atoms with Crippen molar-refractivity contribution in [1.29, 1.82) is 0 Å². The van der Waals surface area contributed by atoms with Gasteiger partial charge in [-0.2, -0.15) is 0 Å². The standard InChI is InChI=1S/C19H24FNO4S/c1-14(15-4-10-19(11-5-15)26(3,23)24)21(2)12-17(22)13-25-18-8-6-16(20)7-9-18/h4-11,14,17,22H,12-13H2,1-3H3. The fourth-order valence-electron chi connectivity index (χ4n) is 2.51. The second kappa shape index (κ2) is 8.62. The van der Waals surface area contributed by atoms with Gasteiger partial charge in [-0.15, -0.1) is 0 Å². The van der Waals surface area contributed by atoms with Gasteiger partial charge >= 0.3 is 0 Å². The smallest absolute Gasteiger partial charge is 0.175 e. The average molecular weight is 381 g/mol. The molecule has 2 atom stereocenters. The normalized spacial score (nSPS) is 14.2. The zero-order valence-electron chi connectivity index (χ0n) is 15.1. The molecule has 2 aromatic rings. The first-order valence-corrected chi connectivity index (χ1v) is 10.1. The molecule has 1 N–H and O–H groups in total. The summed E-state index contributed by atoms with van der Waals surface area (Å²) >= 11 is 0. The second-order valence-corrected chi connectivity index (χ2v) is 8.39. The molecule has 0 aromatic heterocycles. The number of benzene rings is 2. The number of rotatable bonds is 8. The lowest BCUT2D eigenvalue weighted by Crippen LogP contribution is -2.34. The Balaban J connectivity index is 1.89. The number of aliphatic hydroxyl groups excluding tert-OH is 1. The molecule has 0 spiro atoms. The quantitative estimate of drug-likeness (QED) is 0.762. The zero-order valence-corrected chi connectivity index (χ0v) is 15.9. The van der Waals surface area contributed by atoms with E-state index in [2.05, 4.69) is 0 Å². The van der Waals surface area contributed by atoms with Gasteiger partial charge in [-0.05, 0) is 55.9 Å². The Bertz CT molecular complexity index is 806. The van der Waals surface area contributed by atoms with Crippen LogP contribution in [0.5, 0.6) is 5.75 Å². The molecule has 0 fully saturated rings. The molecular weight excluding hydrogens is 357 g/mol. The summed E-state index contributed by atoms with van der Waals surface area (Å²) in [6.07, 6.45) is 0.456. The third-order valence-electron chi connectivity index (χ3n) is 4.21. The van der Waals surface area contributed by atoms with E-state index < -0.39 is 15.9 Å². The predicted octanol–water partition coefficient (Wildman–Crippen LogP) is 2.66. The number of hydrogen-bond acceptors (Lipinski definition) is 5. The van der Waals surface area contributed by atoms with E-state index in [1.165, 1.54) is 30.5 Å². The molecule has 142 valence electrons. The molecule has 0 saturated carbocycles. The molecule has 0 aliphatic rings. The maximum atomic E-state index is 12.9. The molecule has 0 heterocycles. The summed E-state index contributed by atoms with van der Waals surface area (Å²) in [5.74, 6) is 0.158. The molecule has 7 heteroatoms. The Morgan fingerprint density at radius 1 is 1.12 bits per heavy atom. The van der Waals surface area contributed by atoms with Crippen LogP contribution in [0, 0.1) is 5.82 Å². The molecule has 26 heavy (non-hydrogen) atoms. The van der Waals surface area contributed by atoms with Crippen molar-refractivity contribution in [2.24, 2.45) is 0 Å². The molecule has 2 unspecified atom stereocenters. The van der Waals surface area contributed by atoms with Crippen LogP contribution in [0.2, 0.25) is 0 Å². The highest BCUT2D eigenvalue weighted by Crippen LogP contribution is 2.21. The van der Waals surface area contributed by atoms with Crippen LogP contribution in [0.4, 0.5) is 4.39 Å². The molecular formula is C19H24FNO4S. The van der Waals surface area contributed by atoms with E-state index in [4.69, 9.17) is 4.74 Å². The highest BCUT2D eigenvalue weighted by Gasteiger charge is 2.17. The number of likely N-dealkylation sites (N-methyl/N-ethyl adjacent to an activating group) is 1. The number of ether oxygens (including phenoxy) is 1. The highest BCUT2D eigenvalue weighted by atomic mass is 32.2. The monoisotopic (exact) mass is 381 g/mol. The third-order valence-corrected chi connectivity index (χ3v) is 5.34. The van der Waals surface area contributed by atoms with Gasteiger partial charge in [0.05, 0.1) is 4.90 Å². The highest BCUT2D eigenvalue weighted by molar-refractivity contribution is 7.90. The largest absolute Gasteiger partial charge is 0.491 e. The van der Waals surface area contributed by atoms with Crippen LogP contribution in [0.1, 0.15) is 18.5 Å². The number of aliphatic hydroxyl groups is 1. The molecule has 0 bridgehead atoms. The first kappa shape index (κ1) is 20.4. The number of nitrogens with zero attached hydrogens (tertiary/aromatic N) is 1. The van der Waals surface area contributed by atoms with E-state index >= 15 is 0 Å². The third kappa shape index (κ3) is 5.79. The summed E-state index contributed by atoms with van der Waals surface area (Å²) < 4.78 is 41.4. The Morgan fingerprint density at radius 2 is 1.69 bits per heavy atom. The van der Waals surface area contributed by atoms with Crippen molar-refractivity contribution in [3.8, 4) is 5.75 Å². The van der Waals surface area contributed by atoms with Crippen molar-refractivity contribution < 1.29 is 22.7 Å². The van der Waals surface area contributed by atoms with Crippen LogP contribution in [-0.4, -0.2) is 51.0 Å². The van der Waals surface area contributed by atoms with Crippen molar-refractivity contribution in [1.82, 2.24) is 4.90 Å². The topological polar surface area (TPSA) is 66.8 Å². The van der Waals surface area contributed by atoms with Gasteiger partial charge in [0.25, 0.3) is 0 Å². The average Bonchev–Trinajstić information content (AvgIpc) is 2.60. The molecule has 0 radical (unpaired) electrons. The molecule has 5 nitrogen and oxygen atoms in total. The number of hydrogen-bond donors (Lipinski definition) is 1. The van der Waals surface area contributed by atoms with Crippen LogP contribution in [0.15, 0.2) is 53.4 Å². The van der Waals surface area contributed by atoms with Gasteiger partial charge in [0, 0.05) is 18.8 Å². The number of halogens is 1. The fourth-order valence-corrected chi connectivity index (χ4v) is 3.14. The molecule has 2 rings (SSSR count). The van der Waals surface area contributed by atoms with Gasteiger partial charge < -0.3 is 9.84 Å². The first-order valence-electron chi connectivity index (χ1n) is 8.23. The maximum Gasteiger partial charge on any atom is 0.175 e. The van der Waals surface area contributed by atoms with Gasteiger partial charge in [-0.25, -0.2) is 12.8 Å². The van der Waals surface area contributed by atoms with E-state index in [9.17, 15) is 17.9 Å². The van der Waals surface area contributed by atoms with Crippen molar-refractivity contribution in [3.63, 3.8) is 0 Å². The first-order chi connectivity index (χ1) is 12.2. The van der Waals surface area contributed by atoms with Crippen LogP contribution in [0.3, 0.4) is 0 Å². The lowest BCUT2D eigenvalue weighted by atomic mass is 10.1. The minimum Gasteiger partial charge on any atom is -0.491 e. The number of sulfone groups is 1. The molecule has 2 aromatic carbocycles. The Hall–Kier alpha value is -1.96. The summed E-state index contributed by atoms with van der Waals surface area (Å²) in [6.45, 7) is 2.44. The van der Waals surface area contributed by atoms with Crippen LogP contribution >= 0.6 is 0 Å². The minimum absolute atomic E-state index is 0.0101. The van der Waals surface area contributed by atoms with Crippen LogP contribution < -0.4 is 4.74 Å². The molecule has 0 aliphatic carbocycles. The molecule has 0 amide bonds. The van der Waals surface area contributed by atoms with Crippen molar-refractivity contribution >= 4 is 9.84 Å². The van der Waals surface area contributed by atoms with Crippen molar-refractivity contribution in [3.05, 3.63) is 59.9 Å². The predicted molar refractivity (Wildman–Crippen MR) is 98.5 cm³/mol. The minimum atomic E-state index is -3.21.